The van der Waals surface area contributed by atoms with E-state index < -0.39 is 0 Å². The molecule has 0 aliphatic heterocycles. The summed E-state index contributed by atoms with van der Waals surface area (Å²) in [5, 5.41) is 3.61. The number of hydrogen-bond acceptors (Lipinski definition) is 2. The first-order chi connectivity index (χ1) is 9.06. The summed E-state index contributed by atoms with van der Waals surface area (Å²) in [4.78, 5) is 2.13. The van der Waals surface area contributed by atoms with Crippen molar-refractivity contribution in [3.8, 4) is 0 Å². The highest BCUT2D eigenvalue weighted by Crippen LogP contribution is 2.21. The highest BCUT2D eigenvalue weighted by Gasteiger charge is 2.20. The second-order valence-corrected chi connectivity index (χ2v) is 6.02. The van der Waals surface area contributed by atoms with Gasteiger partial charge in [-0.05, 0) is 36.5 Å². The molecule has 1 aromatic rings. The quantitative estimate of drug-likeness (QED) is 0.839. The van der Waals surface area contributed by atoms with Gasteiger partial charge in [0, 0.05) is 32.4 Å². The van der Waals surface area contributed by atoms with Crippen LogP contribution in [0.3, 0.4) is 0 Å². The van der Waals surface area contributed by atoms with E-state index in [-0.39, 0.29) is 0 Å². The molecule has 2 rings (SSSR count). The van der Waals surface area contributed by atoms with Gasteiger partial charge in [-0.15, -0.1) is 0 Å². The van der Waals surface area contributed by atoms with Gasteiger partial charge < -0.3 is 10.2 Å². The van der Waals surface area contributed by atoms with Crippen LogP contribution in [0.25, 0.3) is 6.08 Å². The third-order valence-corrected chi connectivity index (χ3v) is 3.68. The molecule has 1 fully saturated rings. The highest BCUT2D eigenvalue weighted by atomic mass is 15.1. The summed E-state index contributed by atoms with van der Waals surface area (Å²) >= 11 is 0. The van der Waals surface area contributed by atoms with E-state index >= 15 is 0 Å². The lowest BCUT2D eigenvalue weighted by Gasteiger charge is -2.14. The van der Waals surface area contributed by atoms with Crippen molar-refractivity contribution in [1.82, 2.24) is 5.32 Å². The Morgan fingerprint density at radius 2 is 1.89 bits per heavy atom. The molecule has 19 heavy (non-hydrogen) atoms. The number of anilines is 1. The van der Waals surface area contributed by atoms with Gasteiger partial charge in [0.2, 0.25) is 0 Å². The molecular weight excluding hydrogens is 232 g/mol. The number of nitrogens with one attached hydrogen (secondary N) is 1. The molecule has 0 amide bonds. The van der Waals surface area contributed by atoms with Crippen molar-refractivity contribution in [3.05, 3.63) is 35.4 Å². The molecule has 0 unspecified atom stereocenters. The molecule has 1 aromatic carbocycles. The number of rotatable bonds is 6. The standard InChI is InChI=1S/C17H26N2/c1-13(2)15(12-18-16-7-8-16)11-14-5-9-17(10-6-14)19(3)4/h5-6,9-11,13,16,18H,7-8,12H2,1-4H3. The van der Waals surface area contributed by atoms with Crippen molar-refractivity contribution >= 4 is 11.8 Å². The minimum absolute atomic E-state index is 0.597. The van der Waals surface area contributed by atoms with Crippen molar-refractivity contribution in [1.29, 1.82) is 0 Å². The molecular formula is C17H26N2. The van der Waals surface area contributed by atoms with Gasteiger partial charge in [-0.2, -0.15) is 0 Å². The van der Waals surface area contributed by atoms with E-state index in [4.69, 9.17) is 0 Å². The Kier molecular flexibility index (Phi) is 4.65. The summed E-state index contributed by atoms with van der Waals surface area (Å²) in [6.45, 7) is 5.57. The third-order valence-electron chi connectivity index (χ3n) is 3.68. The molecule has 0 aromatic heterocycles. The molecule has 0 spiro atoms. The van der Waals surface area contributed by atoms with E-state index in [0.717, 1.165) is 12.6 Å². The fourth-order valence-electron chi connectivity index (χ4n) is 2.05. The van der Waals surface area contributed by atoms with Gasteiger partial charge in [0.15, 0.2) is 0 Å². The number of hydrogen-bond donors (Lipinski definition) is 1. The normalized spacial score (nSPS) is 15.9. The predicted octanol–water partition coefficient (Wildman–Crippen LogP) is 3.54. The summed E-state index contributed by atoms with van der Waals surface area (Å²) in [5.41, 5.74) is 4.04. The summed E-state index contributed by atoms with van der Waals surface area (Å²) < 4.78 is 0. The van der Waals surface area contributed by atoms with Crippen molar-refractivity contribution in [3.63, 3.8) is 0 Å². The first-order valence-corrected chi connectivity index (χ1v) is 7.27. The monoisotopic (exact) mass is 258 g/mol. The van der Waals surface area contributed by atoms with Gasteiger partial charge in [0.1, 0.15) is 0 Å². The fraction of sp³-hybridized carbons (Fsp3) is 0.529. The van der Waals surface area contributed by atoms with Gasteiger partial charge in [0.25, 0.3) is 0 Å². The lowest BCUT2D eigenvalue weighted by atomic mass is 10.00. The molecule has 2 heteroatoms. The maximum absolute atomic E-state index is 3.61. The van der Waals surface area contributed by atoms with Crippen LogP contribution in [0.2, 0.25) is 0 Å². The molecule has 0 bridgehead atoms. The average Bonchev–Trinajstić information content (AvgIpc) is 3.18. The van der Waals surface area contributed by atoms with Crippen molar-refractivity contribution in [2.75, 3.05) is 25.5 Å². The van der Waals surface area contributed by atoms with Gasteiger partial charge in [0.05, 0.1) is 0 Å². The second kappa shape index (κ2) is 6.25. The van der Waals surface area contributed by atoms with E-state index in [1.54, 1.807) is 0 Å². The molecule has 1 aliphatic carbocycles. The van der Waals surface area contributed by atoms with E-state index in [1.807, 2.05) is 0 Å². The zero-order valence-electron chi connectivity index (χ0n) is 12.6. The molecule has 0 radical (unpaired) electrons. The van der Waals surface area contributed by atoms with E-state index in [1.165, 1.54) is 29.7 Å². The summed E-state index contributed by atoms with van der Waals surface area (Å²) in [6.07, 6.45) is 5.03. The Hall–Kier alpha value is -1.28. The van der Waals surface area contributed by atoms with E-state index in [2.05, 4.69) is 68.5 Å². The minimum Gasteiger partial charge on any atom is -0.378 e. The predicted molar refractivity (Wildman–Crippen MR) is 84.6 cm³/mol. The topological polar surface area (TPSA) is 15.3 Å². The van der Waals surface area contributed by atoms with Crippen LogP contribution in [0, 0.1) is 5.92 Å². The zero-order valence-corrected chi connectivity index (χ0v) is 12.6. The van der Waals surface area contributed by atoms with Crippen LogP contribution in [0.15, 0.2) is 29.8 Å². The van der Waals surface area contributed by atoms with Crippen LogP contribution in [0.1, 0.15) is 32.3 Å². The lowest BCUT2D eigenvalue weighted by molar-refractivity contribution is 0.662. The lowest BCUT2D eigenvalue weighted by Crippen LogP contribution is -2.21. The molecule has 0 atom stereocenters. The van der Waals surface area contributed by atoms with E-state index in [0.29, 0.717) is 5.92 Å². The van der Waals surface area contributed by atoms with Gasteiger partial charge in [-0.25, -0.2) is 0 Å². The van der Waals surface area contributed by atoms with Gasteiger partial charge in [-0.3, -0.25) is 0 Å². The molecule has 1 N–H and O–H groups in total. The van der Waals surface area contributed by atoms with Crippen LogP contribution in [-0.2, 0) is 0 Å². The molecule has 1 saturated carbocycles. The molecule has 104 valence electrons. The fourth-order valence-corrected chi connectivity index (χ4v) is 2.05. The van der Waals surface area contributed by atoms with Crippen LogP contribution in [0.5, 0.6) is 0 Å². The van der Waals surface area contributed by atoms with Gasteiger partial charge in [-0.1, -0.05) is 37.6 Å². The van der Waals surface area contributed by atoms with Crippen LogP contribution in [0.4, 0.5) is 5.69 Å². The average molecular weight is 258 g/mol. The molecule has 0 saturated heterocycles. The molecule has 2 nitrogen and oxygen atoms in total. The van der Waals surface area contributed by atoms with Crippen LogP contribution >= 0.6 is 0 Å². The molecule has 0 heterocycles. The molecule has 1 aliphatic rings. The SMILES string of the molecule is CC(C)C(=Cc1ccc(N(C)C)cc1)CNC1CC1. The Morgan fingerprint density at radius 1 is 1.26 bits per heavy atom. The number of nitrogens with zero attached hydrogens (tertiary/aromatic N) is 1. The van der Waals surface area contributed by atoms with Crippen molar-refractivity contribution < 1.29 is 0 Å². The first-order valence-electron chi connectivity index (χ1n) is 7.27. The first kappa shape index (κ1) is 14.1. The van der Waals surface area contributed by atoms with Crippen LogP contribution < -0.4 is 10.2 Å². The highest BCUT2D eigenvalue weighted by molar-refractivity contribution is 5.58. The maximum atomic E-state index is 3.61. The summed E-state index contributed by atoms with van der Waals surface area (Å²) in [7, 11) is 4.15. The van der Waals surface area contributed by atoms with E-state index in [9.17, 15) is 0 Å². The Bertz CT molecular complexity index is 425. The van der Waals surface area contributed by atoms with Crippen molar-refractivity contribution in [2.45, 2.75) is 32.7 Å². The Balaban J connectivity index is 2.05. The minimum atomic E-state index is 0.597. The summed E-state index contributed by atoms with van der Waals surface area (Å²) in [5.74, 6) is 0.597. The van der Waals surface area contributed by atoms with Crippen molar-refractivity contribution in [2.24, 2.45) is 5.92 Å². The zero-order chi connectivity index (χ0) is 13.8. The largest absolute Gasteiger partial charge is 0.378 e. The Morgan fingerprint density at radius 3 is 2.37 bits per heavy atom. The maximum Gasteiger partial charge on any atom is 0.0361 e. The number of benzene rings is 1. The Labute approximate surface area is 117 Å². The second-order valence-electron chi connectivity index (χ2n) is 6.02. The summed E-state index contributed by atoms with van der Waals surface area (Å²) in [6, 6.07) is 9.54. The van der Waals surface area contributed by atoms with Gasteiger partial charge >= 0.3 is 0 Å². The van der Waals surface area contributed by atoms with Crippen LogP contribution in [-0.4, -0.2) is 26.7 Å². The third kappa shape index (κ3) is 4.39. The smallest absolute Gasteiger partial charge is 0.0361 e.